The van der Waals surface area contributed by atoms with E-state index in [4.69, 9.17) is 10.5 Å². The van der Waals surface area contributed by atoms with Crippen LogP contribution in [0.25, 0.3) is 11.1 Å². The van der Waals surface area contributed by atoms with E-state index in [0.717, 1.165) is 42.9 Å². The van der Waals surface area contributed by atoms with E-state index >= 15 is 0 Å². The van der Waals surface area contributed by atoms with Crippen LogP contribution >= 0.6 is 0 Å². The minimum atomic E-state index is -0.0816. The topological polar surface area (TPSA) is 77.2 Å². The van der Waals surface area contributed by atoms with E-state index in [9.17, 15) is 0 Å². The molecule has 1 aliphatic heterocycles. The summed E-state index contributed by atoms with van der Waals surface area (Å²) >= 11 is 0. The third kappa shape index (κ3) is 4.30. The van der Waals surface area contributed by atoms with Crippen LogP contribution in [0.4, 0.5) is 5.82 Å². The molecule has 138 valence electrons. The summed E-state index contributed by atoms with van der Waals surface area (Å²) in [6.07, 6.45) is 6.06. The van der Waals surface area contributed by atoms with Crippen LogP contribution in [-0.2, 0) is 11.2 Å². The smallest absolute Gasteiger partial charge is 0.123 e. The molecule has 0 radical (unpaired) electrons. The Kier molecular flexibility index (Phi) is 5.37. The normalized spacial score (nSPS) is 17.7. The van der Waals surface area contributed by atoms with Gasteiger partial charge in [-0.05, 0) is 29.7 Å². The van der Waals surface area contributed by atoms with Crippen molar-refractivity contribution in [2.24, 2.45) is 0 Å². The number of rotatable bonds is 5. The minimum Gasteiger partial charge on any atom is -0.384 e. The van der Waals surface area contributed by atoms with Crippen LogP contribution in [0.5, 0.6) is 0 Å². The lowest BCUT2D eigenvalue weighted by Gasteiger charge is -2.33. The number of aromatic nitrogens is 3. The molecule has 6 nitrogen and oxygen atoms in total. The number of anilines is 1. The predicted octanol–water partition coefficient (Wildman–Crippen LogP) is 2.74. The maximum Gasteiger partial charge on any atom is 0.123 e. The van der Waals surface area contributed by atoms with Crippen molar-refractivity contribution in [1.29, 1.82) is 0 Å². The van der Waals surface area contributed by atoms with Gasteiger partial charge >= 0.3 is 0 Å². The molecule has 2 N–H and O–H groups in total. The lowest BCUT2D eigenvalue weighted by Crippen LogP contribution is -2.39. The number of hydrogen-bond acceptors (Lipinski definition) is 6. The second kappa shape index (κ2) is 8.24. The Balaban J connectivity index is 1.50. The fraction of sp³-hybridized carbons (Fsp3) is 0.286. The van der Waals surface area contributed by atoms with Crippen molar-refractivity contribution in [3.05, 3.63) is 72.4 Å². The molecule has 1 unspecified atom stereocenters. The van der Waals surface area contributed by atoms with Crippen molar-refractivity contribution in [2.75, 3.05) is 32.0 Å². The molecule has 1 aromatic carbocycles. The van der Waals surface area contributed by atoms with Gasteiger partial charge < -0.3 is 10.5 Å². The summed E-state index contributed by atoms with van der Waals surface area (Å²) in [4.78, 5) is 15.2. The number of ether oxygens (including phenoxy) is 1. The summed E-state index contributed by atoms with van der Waals surface area (Å²) in [5.74, 6) is 0.483. The van der Waals surface area contributed by atoms with Crippen LogP contribution in [0.3, 0.4) is 0 Å². The Morgan fingerprint density at radius 2 is 2.04 bits per heavy atom. The van der Waals surface area contributed by atoms with Gasteiger partial charge in [0.1, 0.15) is 18.2 Å². The highest BCUT2D eigenvalue weighted by Crippen LogP contribution is 2.30. The molecular weight excluding hydrogens is 338 g/mol. The SMILES string of the molecule is Nc1cc(-c2cncnc2C2CN(CCc3ccccc3)CCO2)ccn1. The molecule has 27 heavy (non-hydrogen) atoms. The van der Waals surface area contributed by atoms with E-state index < -0.39 is 0 Å². The van der Waals surface area contributed by atoms with Crippen LogP contribution in [0.15, 0.2) is 61.2 Å². The predicted molar refractivity (Wildman–Crippen MR) is 105 cm³/mol. The molecule has 3 aromatic rings. The first-order chi connectivity index (χ1) is 13.3. The van der Waals surface area contributed by atoms with E-state index in [1.165, 1.54) is 5.56 Å². The number of benzene rings is 1. The lowest BCUT2D eigenvalue weighted by molar-refractivity contribution is -0.0314. The van der Waals surface area contributed by atoms with Crippen molar-refractivity contribution in [3.8, 4) is 11.1 Å². The molecule has 4 rings (SSSR count). The first-order valence-corrected chi connectivity index (χ1v) is 9.19. The van der Waals surface area contributed by atoms with Crippen LogP contribution in [-0.4, -0.2) is 46.1 Å². The van der Waals surface area contributed by atoms with Gasteiger partial charge in [-0.25, -0.2) is 15.0 Å². The van der Waals surface area contributed by atoms with E-state index in [2.05, 4.69) is 50.2 Å². The third-order valence-electron chi connectivity index (χ3n) is 4.85. The number of nitrogens with two attached hydrogens (primary N) is 1. The van der Waals surface area contributed by atoms with Crippen LogP contribution in [0.2, 0.25) is 0 Å². The van der Waals surface area contributed by atoms with Gasteiger partial charge in [0.05, 0.1) is 12.3 Å². The number of morpholine rings is 1. The summed E-state index contributed by atoms with van der Waals surface area (Å²) in [6.45, 7) is 3.46. The van der Waals surface area contributed by atoms with Gasteiger partial charge in [0.2, 0.25) is 0 Å². The molecule has 6 heteroatoms. The zero-order chi connectivity index (χ0) is 18.5. The summed E-state index contributed by atoms with van der Waals surface area (Å²) < 4.78 is 6.06. The molecule has 1 fully saturated rings. The summed E-state index contributed by atoms with van der Waals surface area (Å²) in [5, 5.41) is 0. The van der Waals surface area contributed by atoms with Gasteiger partial charge in [-0.2, -0.15) is 0 Å². The van der Waals surface area contributed by atoms with Gasteiger partial charge in [-0.3, -0.25) is 4.90 Å². The quantitative estimate of drug-likeness (QED) is 0.753. The highest BCUT2D eigenvalue weighted by atomic mass is 16.5. The molecule has 0 amide bonds. The van der Waals surface area contributed by atoms with Crippen molar-refractivity contribution in [1.82, 2.24) is 19.9 Å². The van der Waals surface area contributed by atoms with Crippen LogP contribution in [0.1, 0.15) is 17.4 Å². The zero-order valence-electron chi connectivity index (χ0n) is 15.2. The first-order valence-electron chi connectivity index (χ1n) is 9.19. The summed E-state index contributed by atoms with van der Waals surface area (Å²) in [5.41, 5.74) is 10.0. The average Bonchev–Trinajstić information content (AvgIpc) is 2.73. The Bertz CT molecular complexity index is 887. The molecule has 1 saturated heterocycles. The third-order valence-corrected chi connectivity index (χ3v) is 4.85. The lowest BCUT2D eigenvalue weighted by atomic mass is 10.0. The van der Waals surface area contributed by atoms with Gasteiger partial charge in [-0.15, -0.1) is 0 Å². The number of hydrogen-bond donors (Lipinski definition) is 1. The molecule has 3 heterocycles. The second-order valence-corrected chi connectivity index (χ2v) is 6.69. The van der Waals surface area contributed by atoms with Crippen LogP contribution < -0.4 is 5.73 Å². The summed E-state index contributed by atoms with van der Waals surface area (Å²) in [6, 6.07) is 14.3. The van der Waals surface area contributed by atoms with Gasteiger partial charge in [-0.1, -0.05) is 30.3 Å². The fourth-order valence-electron chi connectivity index (χ4n) is 3.44. The van der Waals surface area contributed by atoms with Gasteiger partial charge in [0.25, 0.3) is 0 Å². The van der Waals surface area contributed by atoms with E-state index in [-0.39, 0.29) is 6.10 Å². The highest BCUT2D eigenvalue weighted by Gasteiger charge is 2.25. The monoisotopic (exact) mass is 361 g/mol. The minimum absolute atomic E-state index is 0.0816. The first kappa shape index (κ1) is 17.6. The van der Waals surface area contributed by atoms with Crippen molar-refractivity contribution in [3.63, 3.8) is 0 Å². The highest BCUT2D eigenvalue weighted by molar-refractivity contribution is 5.67. The molecule has 0 aliphatic carbocycles. The second-order valence-electron chi connectivity index (χ2n) is 6.69. The molecule has 0 saturated carbocycles. The van der Waals surface area contributed by atoms with Crippen LogP contribution in [0, 0.1) is 0 Å². The zero-order valence-corrected chi connectivity index (χ0v) is 15.2. The molecule has 1 atom stereocenters. The molecule has 0 bridgehead atoms. The largest absolute Gasteiger partial charge is 0.384 e. The van der Waals surface area contributed by atoms with Crippen molar-refractivity contribution in [2.45, 2.75) is 12.5 Å². The fourth-order valence-corrected chi connectivity index (χ4v) is 3.44. The number of nitrogen functional groups attached to an aromatic ring is 1. The average molecular weight is 361 g/mol. The standard InChI is InChI=1S/C21H23N5O/c22-20-12-17(6-8-24-20)18-13-23-15-25-21(18)19-14-26(10-11-27-19)9-7-16-4-2-1-3-5-16/h1-6,8,12-13,15,19H,7,9-11,14H2,(H2,22,24). The van der Waals surface area contributed by atoms with Gasteiger partial charge in [0, 0.05) is 37.6 Å². The Morgan fingerprint density at radius 3 is 2.89 bits per heavy atom. The van der Waals surface area contributed by atoms with Crippen molar-refractivity contribution >= 4 is 5.82 Å². The van der Waals surface area contributed by atoms with Gasteiger partial charge in [0.15, 0.2) is 0 Å². The Hall–Kier alpha value is -2.83. The maximum absolute atomic E-state index is 6.06. The maximum atomic E-state index is 6.06. The Labute approximate surface area is 159 Å². The molecule has 1 aliphatic rings. The van der Waals surface area contributed by atoms with E-state index in [1.807, 2.05) is 18.3 Å². The Morgan fingerprint density at radius 1 is 1.15 bits per heavy atom. The molecule has 2 aromatic heterocycles. The summed E-state index contributed by atoms with van der Waals surface area (Å²) in [7, 11) is 0. The molecule has 0 spiro atoms. The van der Waals surface area contributed by atoms with Crippen molar-refractivity contribution < 1.29 is 4.74 Å². The number of pyridine rings is 1. The van der Waals surface area contributed by atoms with E-state index in [0.29, 0.717) is 12.4 Å². The molecular formula is C21H23N5O. The number of nitrogens with zero attached hydrogens (tertiary/aromatic N) is 4. The van der Waals surface area contributed by atoms with E-state index in [1.54, 1.807) is 12.5 Å².